The molecule has 0 radical (unpaired) electrons. The number of methoxy groups -OCH3 is 1. The Balaban J connectivity index is 2.33. The third-order valence-electron chi connectivity index (χ3n) is 3.71. The second-order valence-electron chi connectivity index (χ2n) is 4.65. The molecule has 0 aliphatic heterocycles. The van der Waals surface area contributed by atoms with Gasteiger partial charge in [-0.25, -0.2) is 0 Å². The van der Waals surface area contributed by atoms with Gasteiger partial charge >= 0.3 is 5.97 Å². The minimum atomic E-state index is -0.724. The third kappa shape index (κ3) is 2.24. The van der Waals surface area contributed by atoms with Crippen LogP contribution in [-0.4, -0.2) is 18.2 Å². The number of carboxylic acid groups (broad SMARTS) is 1. The highest BCUT2D eigenvalue weighted by Crippen LogP contribution is 2.48. The zero-order valence-corrected chi connectivity index (χ0v) is 10.8. The first kappa shape index (κ1) is 12.6. The molecule has 0 spiro atoms. The lowest BCUT2D eigenvalue weighted by Gasteiger charge is -2.38. The number of hydrogen-bond acceptors (Lipinski definition) is 3. The average molecular weight is 254 g/mol. The van der Waals surface area contributed by atoms with Crippen molar-refractivity contribution in [2.75, 3.05) is 7.11 Å². The summed E-state index contributed by atoms with van der Waals surface area (Å²) in [6, 6.07) is 3.92. The minimum absolute atomic E-state index is 0.305. The van der Waals surface area contributed by atoms with Crippen molar-refractivity contribution < 1.29 is 14.6 Å². The summed E-state index contributed by atoms with van der Waals surface area (Å²) in [5.41, 5.74) is -0.724. The molecule has 0 saturated heterocycles. The summed E-state index contributed by atoms with van der Waals surface area (Å²) in [5.74, 6) is -0.711. The van der Waals surface area contributed by atoms with E-state index in [1.54, 1.807) is 18.4 Å². The van der Waals surface area contributed by atoms with Gasteiger partial charge in [-0.05, 0) is 24.3 Å². The summed E-state index contributed by atoms with van der Waals surface area (Å²) < 4.78 is 5.53. The van der Waals surface area contributed by atoms with Gasteiger partial charge in [-0.3, -0.25) is 4.79 Å². The molecular weight excluding hydrogens is 236 g/mol. The number of carboxylic acids is 1. The lowest BCUT2D eigenvalue weighted by Crippen LogP contribution is -2.39. The Hall–Kier alpha value is -0.870. The van der Waals surface area contributed by atoms with E-state index in [9.17, 15) is 9.90 Å². The highest BCUT2D eigenvalue weighted by Gasteiger charge is 2.48. The van der Waals surface area contributed by atoms with Crippen LogP contribution in [0.1, 0.15) is 43.1 Å². The predicted molar refractivity (Wildman–Crippen MR) is 67.2 cm³/mol. The van der Waals surface area contributed by atoms with Crippen molar-refractivity contribution in [3.63, 3.8) is 0 Å². The molecule has 94 valence electrons. The van der Waals surface area contributed by atoms with Crippen molar-refractivity contribution >= 4 is 17.3 Å². The summed E-state index contributed by atoms with van der Waals surface area (Å²) in [7, 11) is 1.61. The van der Waals surface area contributed by atoms with Crippen LogP contribution in [0.3, 0.4) is 0 Å². The minimum Gasteiger partial charge on any atom is -0.481 e. The number of thiophene rings is 1. The van der Waals surface area contributed by atoms with Crippen molar-refractivity contribution in [1.82, 2.24) is 0 Å². The zero-order chi connectivity index (χ0) is 12.3. The molecule has 1 aliphatic rings. The van der Waals surface area contributed by atoms with Gasteiger partial charge < -0.3 is 9.84 Å². The Morgan fingerprint density at radius 3 is 2.65 bits per heavy atom. The lowest BCUT2D eigenvalue weighted by atomic mass is 9.69. The number of hydrogen-bond donors (Lipinski definition) is 1. The van der Waals surface area contributed by atoms with Gasteiger partial charge in [-0.2, -0.15) is 0 Å². The second-order valence-corrected chi connectivity index (χ2v) is 5.63. The Morgan fingerprint density at radius 2 is 2.18 bits per heavy atom. The molecular formula is C13H18O3S. The normalized spacial score (nSPS) is 21.0. The first-order chi connectivity index (χ1) is 8.20. The van der Waals surface area contributed by atoms with Crippen LogP contribution in [0.5, 0.6) is 0 Å². The maximum atomic E-state index is 11.7. The molecule has 0 aromatic carbocycles. The summed E-state index contributed by atoms with van der Waals surface area (Å²) in [4.78, 5) is 12.7. The van der Waals surface area contributed by atoms with Crippen LogP contribution in [0.4, 0.5) is 0 Å². The van der Waals surface area contributed by atoms with Crippen molar-refractivity contribution in [3.8, 4) is 0 Å². The lowest BCUT2D eigenvalue weighted by molar-refractivity contribution is -0.162. The molecule has 1 heterocycles. The Kier molecular flexibility index (Phi) is 3.84. The zero-order valence-electron chi connectivity index (χ0n) is 10.0. The fraction of sp³-hybridized carbons (Fsp3) is 0.615. The van der Waals surface area contributed by atoms with E-state index in [-0.39, 0.29) is 6.10 Å². The molecule has 2 rings (SSSR count). The van der Waals surface area contributed by atoms with Crippen LogP contribution in [0, 0.1) is 5.41 Å². The van der Waals surface area contributed by atoms with Crippen LogP contribution in [0.15, 0.2) is 17.5 Å². The molecule has 0 amide bonds. The van der Waals surface area contributed by atoms with Gasteiger partial charge in [0.2, 0.25) is 0 Å². The molecule has 1 unspecified atom stereocenters. The predicted octanol–water partition coefficient (Wildman–Crippen LogP) is 3.47. The van der Waals surface area contributed by atoms with E-state index in [0.717, 1.165) is 37.0 Å². The van der Waals surface area contributed by atoms with E-state index in [1.807, 2.05) is 17.5 Å². The fourth-order valence-electron chi connectivity index (χ4n) is 2.83. The fourth-order valence-corrected chi connectivity index (χ4v) is 3.74. The van der Waals surface area contributed by atoms with Crippen LogP contribution < -0.4 is 0 Å². The van der Waals surface area contributed by atoms with Gasteiger partial charge in [0.15, 0.2) is 0 Å². The molecule has 1 atom stereocenters. The molecule has 1 aromatic rings. The van der Waals surface area contributed by atoms with E-state index in [1.165, 1.54) is 0 Å². The molecule has 1 saturated carbocycles. The summed E-state index contributed by atoms with van der Waals surface area (Å²) >= 11 is 1.58. The smallest absolute Gasteiger partial charge is 0.312 e. The average Bonchev–Trinajstić information content (AvgIpc) is 2.84. The highest BCUT2D eigenvalue weighted by atomic mass is 32.1. The largest absolute Gasteiger partial charge is 0.481 e. The van der Waals surface area contributed by atoms with E-state index in [4.69, 9.17) is 4.74 Å². The van der Waals surface area contributed by atoms with E-state index < -0.39 is 11.4 Å². The van der Waals surface area contributed by atoms with Gasteiger partial charge in [0.25, 0.3) is 0 Å². The highest BCUT2D eigenvalue weighted by molar-refractivity contribution is 7.10. The number of ether oxygens (including phenoxy) is 1. The van der Waals surface area contributed by atoms with Crippen LogP contribution >= 0.6 is 11.3 Å². The molecule has 1 N–H and O–H groups in total. The standard InChI is InChI=1S/C13H18O3S/c1-16-11(10-6-5-9-17-10)13(12(14)15)7-3-2-4-8-13/h5-6,9,11H,2-4,7-8H2,1H3,(H,14,15). The Labute approximate surface area is 105 Å². The van der Waals surface area contributed by atoms with Crippen molar-refractivity contribution in [2.45, 2.75) is 38.2 Å². The monoisotopic (exact) mass is 254 g/mol. The second kappa shape index (κ2) is 5.19. The third-order valence-corrected chi connectivity index (χ3v) is 4.63. The van der Waals surface area contributed by atoms with Gasteiger partial charge in [0.05, 0.1) is 5.41 Å². The maximum Gasteiger partial charge on any atom is 0.312 e. The molecule has 4 heteroatoms. The van der Waals surface area contributed by atoms with Crippen LogP contribution in [0.25, 0.3) is 0 Å². The summed E-state index contributed by atoms with van der Waals surface area (Å²) in [6.07, 6.45) is 4.24. The van der Waals surface area contributed by atoms with Crippen LogP contribution in [-0.2, 0) is 9.53 Å². The van der Waals surface area contributed by atoms with Gasteiger partial charge in [-0.1, -0.05) is 25.3 Å². The topological polar surface area (TPSA) is 46.5 Å². The number of carbonyl (C=O) groups is 1. The molecule has 1 fully saturated rings. The summed E-state index contributed by atoms with van der Waals surface area (Å²) in [6.45, 7) is 0. The van der Waals surface area contributed by atoms with Crippen molar-refractivity contribution in [3.05, 3.63) is 22.4 Å². The summed E-state index contributed by atoms with van der Waals surface area (Å²) in [5, 5.41) is 11.6. The molecule has 3 nitrogen and oxygen atoms in total. The van der Waals surface area contributed by atoms with E-state index >= 15 is 0 Å². The molecule has 17 heavy (non-hydrogen) atoms. The first-order valence-electron chi connectivity index (χ1n) is 6.00. The molecule has 1 aromatic heterocycles. The van der Waals surface area contributed by atoms with E-state index in [2.05, 4.69) is 0 Å². The SMILES string of the molecule is COC(c1cccs1)C1(C(=O)O)CCCCC1. The molecule has 0 bridgehead atoms. The van der Waals surface area contributed by atoms with E-state index in [0.29, 0.717) is 0 Å². The Bertz CT molecular complexity index is 366. The number of aliphatic carboxylic acids is 1. The van der Waals surface area contributed by atoms with Gasteiger partial charge in [-0.15, -0.1) is 11.3 Å². The van der Waals surface area contributed by atoms with Crippen molar-refractivity contribution in [2.24, 2.45) is 5.41 Å². The number of rotatable bonds is 4. The Morgan fingerprint density at radius 1 is 1.47 bits per heavy atom. The van der Waals surface area contributed by atoms with Crippen LogP contribution in [0.2, 0.25) is 0 Å². The molecule has 1 aliphatic carbocycles. The van der Waals surface area contributed by atoms with Gasteiger partial charge in [0.1, 0.15) is 6.10 Å². The maximum absolute atomic E-state index is 11.7. The first-order valence-corrected chi connectivity index (χ1v) is 6.88. The van der Waals surface area contributed by atoms with Crippen molar-refractivity contribution in [1.29, 1.82) is 0 Å². The quantitative estimate of drug-likeness (QED) is 0.895. The van der Waals surface area contributed by atoms with Gasteiger partial charge in [0, 0.05) is 12.0 Å².